The van der Waals surface area contributed by atoms with Gasteiger partial charge in [0.05, 0.1) is 10.0 Å². The molecule has 3 heteroatoms. The summed E-state index contributed by atoms with van der Waals surface area (Å²) in [4.78, 5) is 0. The van der Waals surface area contributed by atoms with Crippen LogP contribution >= 0.6 is 23.2 Å². The van der Waals surface area contributed by atoms with Crippen LogP contribution in [0, 0.1) is 0 Å². The first-order valence-electron chi connectivity index (χ1n) is 6.86. The Morgan fingerprint density at radius 1 is 0.950 bits per heavy atom. The van der Waals surface area contributed by atoms with E-state index in [4.69, 9.17) is 23.2 Å². The molecule has 1 atom stereocenters. The topological polar surface area (TPSA) is 12.0 Å². The molecular formula is C17H19Cl2N. The van der Waals surface area contributed by atoms with Crippen LogP contribution in [0.5, 0.6) is 0 Å². The van der Waals surface area contributed by atoms with Gasteiger partial charge in [-0.25, -0.2) is 0 Å². The molecule has 0 aliphatic rings. The third-order valence-electron chi connectivity index (χ3n) is 3.49. The van der Waals surface area contributed by atoms with Crippen molar-refractivity contribution < 1.29 is 0 Å². The normalized spacial score (nSPS) is 12.4. The van der Waals surface area contributed by atoms with Crippen LogP contribution in [0.15, 0.2) is 42.5 Å². The van der Waals surface area contributed by atoms with E-state index in [1.807, 2.05) is 18.2 Å². The summed E-state index contributed by atoms with van der Waals surface area (Å²) in [5.41, 5.74) is 3.80. The molecule has 0 amide bonds. The van der Waals surface area contributed by atoms with Crippen LogP contribution in [0.4, 0.5) is 0 Å². The van der Waals surface area contributed by atoms with Gasteiger partial charge >= 0.3 is 0 Å². The molecule has 0 aliphatic carbocycles. The molecule has 1 N–H and O–H groups in total. The lowest BCUT2D eigenvalue weighted by molar-refractivity contribution is 0.574. The summed E-state index contributed by atoms with van der Waals surface area (Å²) in [6.45, 7) is 5.13. The summed E-state index contributed by atoms with van der Waals surface area (Å²) in [5.74, 6) is 0. The van der Waals surface area contributed by atoms with E-state index in [2.05, 4.69) is 43.4 Å². The second kappa shape index (κ2) is 7.12. The molecule has 20 heavy (non-hydrogen) atoms. The number of aryl methyl sites for hydroxylation is 1. The number of hydrogen-bond donors (Lipinski definition) is 1. The van der Waals surface area contributed by atoms with Crippen molar-refractivity contribution in [1.82, 2.24) is 5.32 Å². The number of halogens is 2. The molecule has 0 bridgehead atoms. The van der Waals surface area contributed by atoms with Crippen molar-refractivity contribution >= 4 is 23.2 Å². The molecule has 0 saturated carbocycles. The van der Waals surface area contributed by atoms with Crippen molar-refractivity contribution in [2.24, 2.45) is 0 Å². The molecule has 0 saturated heterocycles. The van der Waals surface area contributed by atoms with Gasteiger partial charge < -0.3 is 5.32 Å². The summed E-state index contributed by atoms with van der Waals surface area (Å²) in [5, 5.41) is 4.69. The van der Waals surface area contributed by atoms with Gasteiger partial charge in [0, 0.05) is 12.6 Å². The van der Waals surface area contributed by atoms with Crippen molar-refractivity contribution in [2.45, 2.75) is 32.9 Å². The molecular weight excluding hydrogens is 289 g/mol. The third kappa shape index (κ3) is 3.99. The van der Waals surface area contributed by atoms with E-state index in [0.717, 1.165) is 18.5 Å². The van der Waals surface area contributed by atoms with Gasteiger partial charge in [0.2, 0.25) is 0 Å². The quantitative estimate of drug-likeness (QED) is 0.779. The summed E-state index contributed by atoms with van der Waals surface area (Å²) in [6.07, 6.45) is 1.08. The van der Waals surface area contributed by atoms with E-state index >= 15 is 0 Å². The minimum absolute atomic E-state index is 0.232. The molecule has 2 aromatic carbocycles. The van der Waals surface area contributed by atoms with Crippen molar-refractivity contribution in [3.05, 3.63) is 69.2 Å². The monoisotopic (exact) mass is 307 g/mol. The SMILES string of the molecule is CCc1ccc(CNC(C)c2ccc(Cl)c(Cl)c2)cc1. The number of nitrogens with one attached hydrogen (secondary N) is 1. The lowest BCUT2D eigenvalue weighted by Crippen LogP contribution is -2.18. The molecule has 0 aromatic heterocycles. The van der Waals surface area contributed by atoms with Crippen LogP contribution < -0.4 is 5.32 Å². The zero-order valence-corrected chi connectivity index (χ0v) is 13.3. The number of benzene rings is 2. The smallest absolute Gasteiger partial charge is 0.0595 e. The van der Waals surface area contributed by atoms with Gasteiger partial charge in [0.25, 0.3) is 0 Å². The Labute approximate surface area is 130 Å². The van der Waals surface area contributed by atoms with E-state index in [1.165, 1.54) is 11.1 Å². The molecule has 0 spiro atoms. The number of rotatable bonds is 5. The molecule has 106 valence electrons. The van der Waals surface area contributed by atoms with Gasteiger partial charge in [-0.2, -0.15) is 0 Å². The maximum atomic E-state index is 6.05. The lowest BCUT2D eigenvalue weighted by Gasteiger charge is -2.15. The summed E-state index contributed by atoms with van der Waals surface area (Å²) < 4.78 is 0. The van der Waals surface area contributed by atoms with Crippen molar-refractivity contribution in [3.8, 4) is 0 Å². The van der Waals surface area contributed by atoms with E-state index in [0.29, 0.717) is 10.0 Å². The van der Waals surface area contributed by atoms with Gasteiger partial charge in [-0.15, -0.1) is 0 Å². The Bertz CT molecular complexity index is 564. The van der Waals surface area contributed by atoms with Crippen LogP contribution in [-0.2, 0) is 13.0 Å². The zero-order valence-electron chi connectivity index (χ0n) is 11.8. The van der Waals surface area contributed by atoms with Crippen molar-refractivity contribution in [1.29, 1.82) is 0 Å². The highest BCUT2D eigenvalue weighted by molar-refractivity contribution is 6.42. The van der Waals surface area contributed by atoms with Crippen LogP contribution in [0.1, 0.15) is 36.6 Å². The molecule has 2 aromatic rings. The van der Waals surface area contributed by atoms with Crippen LogP contribution in [0.25, 0.3) is 0 Å². The average Bonchev–Trinajstić information content (AvgIpc) is 2.48. The standard InChI is InChI=1S/C17H19Cl2N/c1-3-13-4-6-14(7-5-13)11-20-12(2)15-8-9-16(18)17(19)10-15/h4-10,12,20H,3,11H2,1-2H3. The zero-order chi connectivity index (χ0) is 14.5. The minimum Gasteiger partial charge on any atom is -0.306 e. The van der Waals surface area contributed by atoms with E-state index < -0.39 is 0 Å². The van der Waals surface area contributed by atoms with E-state index in [-0.39, 0.29) is 6.04 Å². The van der Waals surface area contributed by atoms with E-state index in [9.17, 15) is 0 Å². The molecule has 1 nitrogen and oxygen atoms in total. The Kier molecular flexibility index (Phi) is 5.47. The molecule has 2 rings (SSSR count). The molecule has 0 aliphatic heterocycles. The van der Waals surface area contributed by atoms with Gasteiger partial charge in [-0.3, -0.25) is 0 Å². The predicted octanol–water partition coefficient (Wildman–Crippen LogP) is 5.41. The van der Waals surface area contributed by atoms with Gasteiger partial charge in [0.15, 0.2) is 0 Å². The van der Waals surface area contributed by atoms with Gasteiger partial charge in [-0.1, -0.05) is 60.5 Å². The fraction of sp³-hybridized carbons (Fsp3) is 0.294. The average molecular weight is 308 g/mol. The molecule has 0 heterocycles. The first kappa shape index (κ1) is 15.4. The first-order chi connectivity index (χ1) is 9.60. The summed E-state index contributed by atoms with van der Waals surface area (Å²) in [7, 11) is 0. The number of hydrogen-bond acceptors (Lipinski definition) is 1. The molecule has 0 fully saturated rings. The Morgan fingerprint density at radius 3 is 2.20 bits per heavy atom. The Balaban J connectivity index is 1.96. The second-order valence-corrected chi connectivity index (χ2v) is 5.76. The minimum atomic E-state index is 0.232. The van der Waals surface area contributed by atoms with Gasteiger partial charge in [0.1, 0.15) is 0 Å². The Morgan fingerprint density at radius 2 is 1.60 bits per heavy atom. The van der Waals surface area contributed by atoms with Crippen LogP contribution in [0.3, 0.4) is 0 Å². The molecule has 0 radical (unpaired) electrons. The highest BCUT2D eigenvalue weighted by Crippen LogP contribution is 2.25. The molecule has 1 unspecified atom stereocenters. The van der Waals surface area contributed by atoms with E-state index in [1.54, 1.807) is 0 Å². The van der Waals surface area contributed by atoms with Crippen molar-refractivity contribution in [3.63, 3.8) is 0 Å². The largest absolute Gasteiger partial charge is 0.306 e. The van der Waals surface area contributed by atoms with Gasteiger partial charge in [-0.05, 0) is 42.2 Å². The fourth-order valence-electron chi connectivity index (χ4n) is 2.06. The first-order valence-corrected chi connectivity index (χ1v) is 7.62. The van der Waals surface area contributed by atoms with Crippen molar-refractivity contribution in [2.75, 3.05) is 0 Å². The third-order valence-corrected chi connectivity index (χ3v) is 4.23. The maximum Gasteiger partial charge on any atom is 0.0595 e. The highest BCUT2D eigenvalue weighted by Gasteiger charge is 2.07. The Hall–Kier alpha value is -1.02. The maximum absolute atomic E-state index is 6.05. The lowest BCUT2D eigenvalue weighted by atomic mass is 10.1. The summed E-state index contributed by atoms with van der Waals surface area (Å²) in [6, 6.07) is 14.7. The highest BCUT2D eigenvalue weighted by atomic mass is 35.5. The fourth-order valence-corrected chi connectivity index (χ4v) is 2.37. The second-order valence-electron chi connectivity index (χ2n) is 4.95. The van der Waals surface area contributed by atoms with Crippen LogP contribution in [-0.4, -0.2) is 0 Å². The predicted molar refractivity (Wildman–Crippen MR) is 87.5 cm³/mol. The van der Waals surface area contributed by atoms with Crippen LogP contribution in [0.2, 0.25) is 10.0 Å². The summed E-state index contributed by atoms with van der Waals surface area (Å²) >= 11 is 12.0.